The molecule has 1 N–H and O–H groups in total. The monoisotopic (exact) mass is 360 g/mol. The normalized spacial score (nSPS) is 21.1. The first-order chi connectivity index (χ1) is 13.3. The first-order valence-corrected chi connectivity index (χ1v) is 9.50. The number of ether oxygens (including phenoxy) is 1. The van der Waals surface area contributed by atoms with Gasteiger partial charge in [-0.1, -0.05) is 0 Å². The van der Waals surface area contributed by atoms with E-state index in [1.807, 2.05) is 30.0 Å². The molecule has 0 amide bonds. The third-order valence-corrected chi connectivity index (χ3v) is 5.78. The second-order valence-electron chi connectivity index (χ2n) is 7.51. The Morgan fingerprint density at radius 3 is 2.89 bits per heavy atom. The van der Waals surface area contributed by atoms with Crippen LogP contribution in [0.4, 0.5) is 5.82 Å². The molecule has 4 aromatic heterocycles. The lowest BCUT2D eigenvalue weighted by molar-refractivity contribution is 0.338. The van der Waals surface area contributed by atoms with Gasteiger partial charge in [-0.25, -0.2) is 9.50 Å². The van der Waals surface area contributed by atoms with Gasteiger partial charge in [0, 0.05) is 30.4 Å². The maximum Gasteiger partial charge on any atom is 0.178 e. The van der Waals surface area contributed by atoms with Gasteiger partial charge in [0.05, 0.1) is 29.9 Å². The second kappa shape index (κ2) is 5.45. The van der Waals surface area contributed by atoms with Gasteiger partial charge in [-0.05, 0) is 43.4 Å². The first-order valence-electron chi connectivity index (χ1n) is 9.50. The molecule has 4 aromatic rings. The Labute approximate surface area is 156 Å². The minimum Gasteiger partial charge on any atom is -0.492 e. The molecule has 0 aromatic carbocycles. The molecule has 2 fully saturated rings. The van der Waals surface area contributed by atoms with E-state index in [2.05, 4.69) is 38.4 Å². The van der Waals surface area contributed by atoms with Gasteiger partial charge in [0.2, 0.25) is 0 Å². The number of aromatic nitrogens is 5. The Bertz CT molecular complexity index is 1130. The minimum absolute atomic E-state index is 0.611. The van der Waals surface area contributed by atoms with Crippen LogP contribution >= 0.6 is 0 Å². The molecule has 27 heavy (non-hydrogen) atoms. The molecule has 0 spiro atoms. The first kappa shape index (κ1) is 15.0. The van der Waals surface area contributed by atoms with E-state index in [-0.39, 0.29) is 0 Å². The van der Waals surface area contributed by atoms with Crippen molar-refractivity contribution in [2.45, 2.75) is 13.3 Å². The van der Waals surface area contributed by atoms with E-state index >= 15 is 0 Å². The molecule has 1 saturated carbocycles. The van der Waals surface area contributed by atoms with Crippen LogP contribution in [-0.2, 0) is 0 Å². The standard InChI is InChI=1S/C20H20N6O/c1-2-27-15-6-16(19-17-8-22-23-20(17)24-26(19)11-15)12-3-4-18(21-7-12)25-9-13-5-14(13)10-25/h3-4,6-8,11,13-14H,2,5,9-10H2,1H3,(H,23,24). The number of hydrogen-bond acceptors (Lipinski definition) is 5. The molecular weight excluding hydrogens is 340 g/mol. The van der Waals surface area contributed by atoms with Gasteiger partial charge < -0.3 is 9.64 Å². The quantitative estimate of drug-likeness (QED) is 0.605. The third-order valence-electron chi connectivity index (χ3n) is 5.78. The number of piperidine rings is 1. The Hall–Kier alpha value is -3.09. The fourth-order valence-electron chi connectivity index (χ4n) is 4.32. The smallest absolute Gasteiger partial charge is 0.178 e. The molecule has 1 saturated heterocycles. The van der Waals surface area contributed by atoms with Gasteiger partial charge in [0.15, 0.2) is 5.65 Å². The van der Waals surface area contributed by atoms with Crippen molar-refractivity contribution in [1.29, 1.82) is 0 Å². The van der Waals surface area contributed by atoms with E-state index in [0.717, 1.165) is 64.2 Å². The number of nitrogens with zero attached hydrogens (tertiary/aromatic N) is 5. The molecule has 7 heteroatoms. The fraction of sp³-hybridized carbons (Fsp3) is 0.350. The zero-order valence-corrected chi connectivity index (χ0v) is 15.1. The van der Waals surface area contributed by atoms with Crippen LogP contribution in [0.25, 0.3) is 27.7 Å². The Balaban J connectivity index is 1.46. The summed E-state index contributed by atoms with van der Waals surface area (Å²) in [5, 5.41) is 12.7. The molecule has 1 aliphatic carbocycles. The highest BCUT2D eigenvalue weighted by atomic mass is 16.5. The van der Waals surface area contributed by atoms with E-state index in [9.17, 15) is 0 Å². The molecule has 2 aliphatic rings. The lowest BCUT2D eigenvalue weighted by Crippen LogP contribution is -2.22. The topological polar surface area (TPSA) is 71.3 Å². The van der Waals surface area contributed by atoms with Crippen LogP contribution in [-0.4, -0.2) is 44.5 Å². The lowest BCUT2D eigenvalue weighted by Gasteiger charge is -2.19. The van der Waals surface area contributed by atoms with Crippen LogP contribution in [0.5, 0.6) is 5.75 Å². The number of anilines is 1. The van der Waals surface area contributed by atoms with Crippen LogP contribution in [0.3, 0.4) is 0 Å². The highest BCUT2D eigenvalue weighted by Gasteiger charge is 2.45. The van der Waals surface area contributed by atoms with Gasteiger partial charge in [-0.2, -0.15) is 5.10 Å². The van der Waals surface area contributed by atoms with Crippen LogP contribution in [0.1, 0.15) is 13.3 Å². The van der Waals surface area contributed by atoms with Crippen molar-refractivity contribution in [3.05, 3.63) is 36.8 Å². The predicted molar refractivity (Wildman–Crippen MR) is 103 cm³/mol. The minimum atomic E-state index is 0.611. The molecule has 136 valence electrons. The van der Waals surface area contributed by atoms with Gasteiger partial charge >= 0.3 is 0 Å². The van der Waals surface area contributed by atoms with Gasteiger partial charge in [-0.3, -0.25) is 5.10 Å². The van der Waals surface area contributed by atoms with Crippen molar-refractivity contribution in [2.24, 2.45) is 11.8 Å². The van der Waals surface area contributed by atoms with Crippen molar-refractivity contribution in [2.75, 3.05) is 24.6 Å². The molecule has 7 nitrogen and oxygen atoms in total. The zero-order valence-electron chi connectivity index (χ0n) is 15.1. The highest BCUT2D eigenvalue weighted by molar-refractivity contribution is 6.00. The summed E-state index contributed by atoms with van der Waals surface area (Å²) in [6.07, 6.45) is 7.09. The summed E-state index contributed by atoms with van der Waals surface area (Å²) >= 11 is 0. The van der Waals surface area contributed by atoms with Crippen molar-refractivity contribution in [3.63, 3.8) is 0 Å². The van der Waals surface area contributed by atoms with Crippen molar-refractivity contribution in [1.82, 2.24) is 24.8 Å². The molecule has 0 radical (unpaired) electrons. The molecular formula is C20H20N6O. The molecule has 5 heterocycles. The summed E-state index contributed by atoms with van der Waals surface area (Å²) in [6, 6.07) is 6.35. The van der Waals surface area contributed by atoms with E-state index in [1.54, 1.807) is 0 Å². The SMILES string of the molecule is CCOc1cc(-c2ccc(N3CC4CC4C3)nc2)c2c3cn[nH]c3nn2c1. The van der Waals surface area contributed by atoms with Crippen molar-refractivity contribution >= 4 is 22.4 Å². The van der Waals surface area contributed by atoms with Gasteiger partial charge in [0.25, 0.3) is 0 Å². The van der Waals surface area contributed by atoms with Crippen LogP contribution < -0.4 is 9.64 Å². The Morgan fingerprint density at radius 2 is 2.11 bits per heavy atom. The van der Waals surface area contributed by atoms with Crippen molar-refractivity contribution < 1.29 is 4.74 Å². The molecule has 6 rings (SSSR count). The molecule has 2 unspecified atom stereocenters. The number of H-pyrrole nitrogens is 1. The van der Waals surface area contributed by atoms with E-state index in [4.69, 9.17) is 9.72 Å². The van der Waals surface area contributed by atoms with Gasteiger partial charge in [-0.15, -0.1) is 5.10 Å². The fourth-order valence-corrected chi connectivity index (χ4v) is 4.32. The van der Waals surface area contributed by atoms with E-state index < -0.39 is 0 Å². The number of nitrogens with one attached hydrogen (secondary N) is 1. The summed E-state index contributed by atoms with van der Waals surface area (Å²) in [7, 11) is 0. The molecule has 0 bridgehead atoms. The van der Waals surface area contributed by atoms with Crippen LogP contribution in [0.2, 0.25) is 0 Å². The second-order valence-corrected chi connectivity index (χ2v) is 7.51. The van der Waals surface area contributed by atoms with Crippen molar-refractivity contribution in [3.8, 4) is 16.9 Å². The Morgan fingerprint density at radius 1 is 1.22 bits per heavy atom. The summed E-state index contributed by atoms with van der Waals surface area (Å²) in [6.45, 7) is 4.90. The maximum atomic E-state index is 5.76. The summed E-state index contributed by atoms with van der Waals surface area (Å²) in [5.41, 5.74) is 3.88. The summed E-state index contributed by atoms with van der Waals surface area (Å²) in [5.74, 6) is 3.66. The average molecular weight is 360 g/mol. The Kier molecular flexibility index (Phi) is 3.03. The zero-order chi connectivity index (χ0) is 18.0. The number of pyridine rings is 2. The van der Waals surface area contributed by atoms with Gasteiger partial charge in [0.1, 0.15) is 11.6 Å². The molecule has 2 atom stereocenters. The summed E-state index contributed by atoms with van der Waals surface area (Å²) < 4.78 is 7.62. The van der Waals surface area contributed by atoms with Crippen LogP contribution in [0.15, 0.2) is 36.8 Å². The number of fused-ring (bicyclic) bond motifs is 4. The largest absolute Gasteiger partial charge is 0.492 e. The number of hydrogen-bond donors (Lipinski definition) is 1. The third kappa shape index (κ3) is 2.31. The summed E-state index contributed by atoms with van der Waals surface area (Å²) in [4.78, 5) is 7.16. The lowest BCUT2D eigenvalue weighted by atomic mass is 10.1. The predicted octanol–water partition coefficient (Wildman–Crippen LogP) is 3.13. The number of aromatic amines is 1. The van der Waals surface area contributed by atoms with E-state index in [0.29, 0.717) is 6.61 Å². The van der Waals surface area contributed by atoms with Crippen LogP contribution in [0, 0.1) is 11.8 Å². The highest BCUT2D eigenvalue weighted by Crippen LogP contribution is 2.46. The number of rotatable bonds is 4. The van der Waals surface area contributed by atoms with E-state index in [1.165, 1.54) is 6.42 Å². The maximum absolute atomic E-state index is 5.76. The average Bonchev–Trinajstić information content (AvgIpc) is 3.03. The molecule has 1 aliphatic heterocycles.